The Morgan fingerprint density at radius 2 is 2.15 bits per heavy atom. The van der Waals surface area contributed by atoms with Crippen molar-refractivity contribution in [2.75, 3.05) is 40.3 Å². The number of likely N-dealkylation sites (tertiary alicyclic amines) is 1. The smallest absolute Gasteiger partial charge is 0.146 e. The van der Waals surface area contributed by atoms with Gasteiger partial charge in [0.05, 0.1) is 13.7 Å². The second kappa shape index (κ2) is 9.14. The number of para-hydroxylation sites is 1. The summed E-state index contributed by atoms with van der Waals surface area (Å²) >= 11 is 0. The Balaban J connectivity index is 1.47. The third-order valence-electron chi connectivity index (χ3n) is 5.28. The van der Waals surface area contributed by atoms with Gasteiger partial charge in [-0.1, -0.05) is 18.2 Å². The summed E-state index contributed by atoms with van der Waals surface area (Å²) in [4.78, 5) is 4.98. The van der Waals surface area contributed by atoms with E-state index in [0.717, 1.165) is 43.5 Å². The molecular weight excluding hydrogens is 326 g/mol. The number of hydrogen-bond acceptors (Lipinski definition) is 5. The van der Waals surface area contributed by atoms with Crippen LogP contribution in [0.25, 0.3) is 0 Å². The Morgan fingerprint density at radius 1 is 1.31 bits per heavy atom. The minimum absolute atomic E-state index is 0.722. The van der Waals surface area contributed by atoms with E-state index in [1.54, 1.807) is 13.4 Å². The number of ether oxygens (including phenoxy) is 1. The zero-order valence-electron chi connectivity index (χ0n) is 16.3. The number of aromatic nitrogens is 3. The molecule has 0 bridgehead atoms. The maximum atomic E-state index is 5.48. The van der Waals surface area contributed by atoms with Gasteiger partial charge >= 0.3 is 0 Å². The average Bonchev–Trinajstić information content (AvgIpc) is 3.05. The van der Waals surface area contributed by atoms with Crippen LogP contribution in [0.1, 0.15) is 24.2 Å². The maximum Gasteiger partial charge on any atom is 0.146 e. The molecule has 0 radical (unpaired) electrons. The summed E-state index contributed by atoms with van der Waals surface area (Å²) in [6.07, 6.45) is 5.41. The Morgan fingerprint density at radius 3 is 2.92 bits per heavy atom. The van der Waals surface area contributed by atoms with Crippen LogP contribution in [0.5, 0.6) is 5.75 Å². The highest BCUT2D eigenvalue weighted by Gasteiger charge is 2.21. The molecule has 1 aliphatic rings. The van der Waals surface area contributed by atoms with Crippen molar-refractivity contribution in [2.24, 2.45) is 13.0 Å². The molecule has 26 heavy (non-hydrogen) atoms. The van der Waals surface area contributed by atoms with Crippen LogP contribution >= 0.6 is 0 Å². The van der Waals surface area contributed by atoms with E-state index in [4.69, 9.17) is 4.74 Å². The van der Waals surface area contributed by atoms with Gasteiger partial charge in [0.2, 0.25) is 0 Å². The van der Waals surface area contributed by atoms with Gasteiger partial charge in [-0.05, 0) is 50.4 Å². The Hall–Kier alpha value is -1.92. The van der Waals surface area contributed by atoms with Crippen molar-refractivity contribution >= 4 is 0 Å². The third-order valence-corrected chi connectivity index (χ3v) is 5.28. The monoisotopic (exact) mass is 357 g/mol. The van der Waals surface area contributed by atoms with Crippen molar-refractivity contribution in [3.8, 4) is 5.75 Å². The largest absolute Gasteiger partial charge is 0.496 e. The second-order valence-electron chi connectivity index (χ2n) is 7.43. The van der Waals surface area contributed by atoms with Gasteiger partial charge in [0, 0.05) is 26.7 Å². The van der Waals surface area contributed by atoms with Gasteiger partial charge in [-0.2, -0.15) is 0 Å². The van der Waals surface area contributed by atoms with Crippen LogP contribution in [0.4, 0.5) is 0 Å². The predicted molar refractivity (Wildman–Crippen MR) is 103 cm³/mol. The lowest BCUT2D eigenvalue weighted by Crippen LogP contribution is -2.41. The Labute approximate surface area is 156 Å². The van der Waals surface area contributed by atoms with E-state index in [1.807, 2.05) is 17.7 Å². The maximum absolute atomic E-state index is 5.48. The number of piperidine rings is 1. The van der Waals surface area contributed by atoms with E-state index in [9.17, 15) is 0 Å². The molecule has 6 nitrogen and oxygen atoms in total. The SMILES string of the molecule is COc1ccccc1CCN1CCC[C@H](CN(C)Cc2nncn2C)C1. The molecule has 0 saturated carbocycles. The van der Waals surface area contributed by atoms with Crippen molar-refractivity contribution in [2.45, 2.75) is 25.8 Å². The fourth-order valence-corrected chi connectivity index (χ4v) is 3.89. The van der Waals surface area contributed by atoms with Gasteiger partial charge < -0.3 is 14.2 Å². The molecule has 0 spiro atoms. The predicted octanol–water partition coefficient (Wildman–Crippen LogP) is 2.21. The molecule has 2 heterocycles. The molecule has 0 aliphatic carbocycles. The topological polar surface area (TPSA) is 46.4 Å². The highest BCUT2D eigenvalue weighted by Crippen LogP contribution is 2.21. The minimum atomic E-state index is 0.722. The summed E-state index contributed by atoms with van der Waals surface area (Å²) in [6.45, 7) is 5.45. The fraction of sp³-hybridized carbons (Fsp3) is 0.600. The summed E-state index contributed by atoms with van der Waals surface area (Å²) in [6, 6.07) is 8.36. The molecule has 3 rings (SSSR count). The third kappa shape index (κ3) is 5.05. The minimum Gasteiger partial charge on any atom is -0.496 e. The van der Waals surface area contributed by atoms with Crippen LogP contribution in [-0.2, 0) is 20.0 Å². The lowest BCUT2D eigenvalue weighted by molar-refractivity contribution is 0.141. The zero-order valence-corrected chi connectivity index (χ0v) is 16.3. The quantitative estimate of drug-likeness (QED) is 0.725. The first-order chi connectivity index (χ1) is 12.7. The summed E-state index contributed by atoms with van der Waals surface area (Å²) in [7, 11) is 5.94. The summed E-state index contributed by atoms with van der Waals surface area (Å²) < 4.78 is 7.48. The van der Waals surface area contributed by atoms with Gasteiger partial charge in [-0.3, -0.25) is 4.90 Å². The van der Waals surface area contributed by atoms with Crippen LogP contribution in [0.15, 0.2) is 30.6 Å². The van der Waals surface area contributed by atoms with Crippen LogP contribution in [0.2, 0.25) is 0 Å². The molecule has 0 amide bonds. The molecule has 1 saturated heterocycles. The van der Waals surface area contributed by atoms with E-state index in [0.29, 0.717) is 0 Å². The first kappa shape index (κ1) is 18.9. The van der Waals surface area contributed by atoms with Gasteiger partial charge in [-0.15, -0.1) is 10.2 Å². The van der Waals surface area contributed by atoms with Crippen molar-refractivity contribution in [3.63, 3.8) is 0 Å². The van der Waals surface area contributed by atoms with Gasteiger partial charge in [-0.25, -0.2) is 0 Å². The molecule has 1 aromatic carbocycles. The van der Waals surface area contributed by atoms with E-state index < -0.39 is 0 Å². The van der Waals surface area contributed by atoms with Crippen molar-refractivity contribution in [1.29, 1.82) is 0 Å². The molecule has 142 valence electrons. The molecule has 0 N–H and O–H groups in total. The molecule has 0 unspecified atom stereocenters. The van der Waals surface area contributed by atoms with Crippen LogP contribution in [0, 0.1) is 5.92 Å². The highest BCUT2D eigenvalue weighted by atomic mass is 16.5. The van der Waals surface area contributed by atoms with E-state index in [1.165, 1.54) is 31.5 Å². The van der Waals surface area contributed by atoms with Crippen LogP contribution in [0.3, 0.4) is 0 Å². The number of nitrogens with zero attached hydrogens (tertiary/aromatic N) is 5. The van der Waals surface area contributed by atoms with Gasteiger partial charge in [0.25, 0.3) is 0 Å². The highest BCUT2D eigenvalue weighted by molar-refractivity contribution is 5.33. The second-order valence-corrected chi connectivity index (χ2v) is 7.43. The molecule has 2 aromatic rings. The number of rotatable bonds is 8. The normalized spacial score (nSPS) is 18.4. The van der Waals surface area contributed by atoms with Crippen molar-refractivity contribution < 1.29 is 4.74 Å². The Bertz CT molecular complexity index is 686. The lowest BCUT2D eigenvalue weighted by atomic mass is 9.97. The zero-order chi connectivity index (χ0) is 18.4. The summed E-state index contributed by atoms with van der Waals surface area (Å²) in [5, 5.41) is 8.16. The van der Waals surface area contributed by atoms with Crippen LogP contribution < -0.4 is 4.74 Å². The first-order valence-corrected chi connectivity index (χ1v) is 9.51. The van der Waals surface area contributed by atoms with Crippen molar-refractivity contribution in [3.05, 3.63) is 42.0 Å². The van der Waals surface area contributed by atoms with E-state index >= 15 is 0 Å². The summed E-state index contributed by atoms with van der Waals surface area (Å²) in [5.41, 5.74) is 1.30. The Kier molecular flexibility index (Phi) is 6.63. The molecule has 1 aliphatic heterocycles. The van der Waals surface area contributed by atoms with Crippen molar-refractivity contribution in [1.82, 2.24) is 24.6 Å². The number of methoxy groups -OCH3 is 1. The number of hydrogen-bond donors (Lipinski definition) is 0. The fourth-order valence-electron chi connectivity index (χ4n) is 3.89. The van der Waals surface area contributed by atoms with E-state index in [2.05, 4.69) is 45.2 Å². The standard InChI is InChI=1S/C20H31N5O/c1-23(15-20-22-21-16-24(20)2)13-17-7-6-11-25(14-17)12-10-18-8-4-5-9-19(18)26-3/h4-5,8-9,16-17H,6-7,10-15H2,1-3H3/t17-/m1/s1. The number of aryl methyl sites for hydroxylation is 1. The number of benzene rings is 1. The van der Waals surface area contributed by atoms with Crippen LogP contribution in [-0.4, -0.2) is 64.9 Å². The summed E-state index contributed by atoms with van der Waals surface area (Å²) in [5.74, 6) is 2.75. The molecule has 1 fully saturated rings. The average molecular weight is 358 g/mol. The molecule has 1 atom stereocenters. The van der Waals surface area contributed by atoms with E-state index in [-0.39, 0.29) is 0 Å². The lowest BCUT2D eigenvalue weighted by Gasteiger charge is -2.34. The van der Waals surface area contributed by atoms with Gasteiger partial charge in [0.15, 0.2) is 0 Å². The molecular formula is C20H31N5O. The molecule has 1 aromatic heterocycles. The van der Waals surface area contributed by atoms with Gasteiger partial charge in [0.1, 0.15) is 17.9 Å². The first-order valence-electron chi connectivity index (χ1n) is 9.51. The molecule has 6 heteroatoms.